The van der Waals surface area contributed by atoms with Crippen molar-refractivity contribution >= 4 is 28.3 Å². The summed E-state index contributed by atoms with van der Waals surface area (Å²) in [6.07, 6.45) is 2.33. The molecule has 0 atom stereocenters. The van der Waals surface area contributed by atoms with E-state index < -0.39 is 0 Å². The molecule has 2 amide bonds. The van der Waals surface area contributed by atoms with Crippen molar-refractivity contribution in [3.8, 4) is 0 Å². The van der Waals surface area contributed by atoms with Crippen LogP contribution in [0.15, 0.2) is 48.7 Å². The number of nitrogens with zero attached hydrogens (tertiary/aromatic N) is 5. The highest BCUT2D eigenvalue weighted by Crippen LogP contribution is 2.27. The molecule has 27 heavy (non-hydrogen) atoms. The van der Waals surface area contributed by atoms with Crippen molar-refractivity contribution in [1.82, 2.24) is 19.9 Å². The monoisotopic (exact) mass is 365 g/mol. The summed E-state index contributed by atoms with van der Waals surface area (Å²) in [5, 5.41) is 10.0. The van der Waals surface area contributed by atoms with E-state index in [-0.39, 0.29) is 24.1 Å². The molecule has 0 aliphatic rings. The van der Waals surface area contributed by atoms with Gasteiger partial charge in [-0.1, -0.05) is 48.5 Å². The number of rotatable bonds is 6. The minimum Gasteiger partial charge on any atom is -0.347 e. The average molecular weight is 365 g/mol. The predicted molar refractivity (Wildman–Crippen MR) is 105 cm³/mol. The van der Waals surface area contributed by atoms with Gasteiger partial charge in [0.05, 0.1) is 11.9 Å². The van der Waals surface area contributed by atoms with Crippen molar-refractivity contribution in [2.75, 3.05) is 25.5 Å². The first kappa shape index (κ1) is 18.6. The fourth-order valence-electron chi connectivity index (χ4n) is 2.89. The van der Waals surface area contributed by atoms with Gasteiger partial charge in [0.1, 0.15) is 6.54 Å². The molecule has 2 aromatic carbocycles. The summed E-state index contributed by atoms with van der Waals surface area (Å²) in [4.78, 5) is 28.2. The van der Waals surface area contributed by atoms with E-state index in [0.717, 1.165) is 22.9 Å². The first-order valence-electron chi connectivity index (χ1n) is 8.91. The van der Waals surface area contributed by atoms with Crippen LogP contribution in [0.3, 0.4) is 0 Å². The second kappa shape index (κ2) is 7.99. The average Bonchev–Trinajstić information content (AvgIpc) is 3.13. The van der Waals surface area contributed by atoms with Crippen LogP contribution in [-0.2, 0) is 11.3 Å². The normalized spacial score (nSPS) is 10.8. The van der Waals surface area contributed by atoms with Gasteiger partial charge in [0, 0.05) is 26.0 Å². The lowest BCUT2D eigenvalue weighted by atomic mass is 10.1. The van der Waals surface area contributed by atoms with Crippen LogP contribution in [0.5, 0.6) is 0 Å². The largest absolute Gasteiger partial charge is 0.347 e. The number of aromatic nitrogens is 3. The molecule has 0 saturated carbocycles. The Balaban J connectivity index is 1.92. The van der Waals surface area contributed by atoms with Crippen LogP contribution in [0, 0.1) is 0 Å². The maximum absolute atomic E-state index is 13.1. The molecule has 0 spiro atoms. The third-order valence-electron chi connectivity index (χ3n) is 4.30. The number of hydrogen-bond acceptors (Lipinski definition) is 4. The summed E-state index contributed by atoms with van der Waals surface area (Å²) in [6.45, 7) is 2.64. The molecule has 0 fully saturated rings. The number of benzene rings is 2. The van der Waals surface area contributed by atoms with Crippen LogP contribution in [0.25, 0.3) is 10.8 Å². The standard InChI is InChI=1S/C20H23N5O2/c1-4-12-25(18-11-7-9-15-8-5-6-10-16(15)18)20(27)17-13-24(22-21-17)14-19(26)23(2)3/h5-11,13H,4,12,14H2,1-3H3. The summed E-state index contributed by atoms with van der Waals surface area (Å²) in [5.74, 6) is -0.338. The maximum Gasteiger partial charge on any atom is 0.280 e. The zero-order chi connectivity index (χ0) is 19.4. The van der Waals surface area contributed by atoms with Crippen molar-refractivity contribution in [2.45, 2.75) is 19.9 Å². The van der Waals surface area contributed by atoms with Crippen molar-refractivity contribution in [3.63, 3.8) is 0 Å². The molecule has 0 unspecified atom stereocenters. The predicted octanol–water partition coefficient (Wildman–Crippen LogP) is 2.58. The Bertz CT molecular complexity index is 958. The molecule has 0 saturated heterocycles. The molecule has 0 radical (unpaired) electrons. The molecular formula is C20H23N5O2. The molecule has 0 bridgehead atoms. The summed E-state index contributed by atoms with van der Waals surface area (Å²) in [7, 11) is 3.35. The van der Waals surface area contributed by atoms with Gasteiger partial charge in [-0.15, -0.1) is 5.10 Å². The van der Waals surface area contributed by atoms with E-state index in [0.29, 0.717) is 6.54 Å². The number of likely N-dealkylation sites (N-methyl/N-ethyl adjacent to an activating group) is 1. The molecule has 0 aliphatic heterocycles. The molecule has 0 aliphatic carbocycles. The molecule has 1 aromatic heterocycles. The van der Waals surface area contributed by atoms with Crippen molar-refractivity contribution in [2.24, 2.45) is 0 Å². The molecule has 140 valence electrons. The van der Waals surface area contributed by atoms with Crippen LogP contribution < -0.4 is 4.90 Å². The Hall–Kier alpha value is -3.22. The van der Waals surface area contributed by atoms with Gasteiger partial charge in [0.15, 0.2) is 5.69 Å². The number of carbonyl (C=O) groups excluding carboxylic acids is 2. The molecular weight excluding hydrogens is 342 g/mol. The van der Waals surface area contributed by atoms with E-state index >= 15 is 0 Å². The van der Waals surface area contributed by atoms with Crippen molar-refractivity contribution in [1.29, 1.82) is 0 Å². The smallest absolute Gasteiger partial charge is 0.280 e. The van der Waals surface area contributed by atoms with Crippen LogP contribution in [0.4, 0.5) is 5.69 Å². The molecule has 1 heterocycles. The maximum atomic E-state index is 13.1. The van der Waals surface area contributed by atoms with Crippen molar-refractivity contribution < 1.29 is 9.59 Å². The number of anilines is 1. The highest BCUT2D eigenvalue weighted by Gasteiger charge is 2.22. The van der Waals surface area contributed by atoms with Gasteiger partial charge in [0.25, 0.3) is 5.91 Å². The first-order valence-corrected chi connectivity index (χ1v) is 8.91. The Morgan fingerprint density at radius 2 is 1.81 bits per heavy atom. The number of fused-ring (bicyclic) bond motifs is 1. The Morgan fingerprint density at radius 1 is 1.07 bits per heavy atom. The SMILES string of the molecule is CCCN(C(=O)c1cn(CC(=O)N(C)C)nn1)c1cccc2ccccc12. The van der Waals surface area contributed by atoms with Gasteiger partial charge < -0.3 is 9.80 Å². The second-order valence-electron chi connectivity index (χ2n) is 6.54. The lowest BCUT2D eigenvalue weighted by Crippen LogP contribution is -2.32. The number of carbonyl (C=O) groups is 2. The Kier molecular flexibility index (Phi) is 5.49. The van der Waals surface area contributed by atoms with E-state index in [2.05, 4.69) is 10.3 Å². The fraction of sp³-hybridized carbons (Fsp3) is 0.300. The number of hydrogen-bond donors (Lipinski definition) is 0. The van der Waals surface area contributed by atoms with Crippen LogP contribution in [0.1, 0.15) is 23.8 Å². The zero-order valence-corrected chi connectivity index (χ0v) is 15.8. The summed E-state index contributed by atoms with van der Waals surface area (Å²) in [5.41, 5.74) is 1.07. The van der Waals surface area contributed by atoms with Crippen molar-refractivity contribution in [3.05, 3.63) is 54.4 Å². The lowest BCUT2D eigenvalue weighted by molar-refractivity contribution is -0.129. The third kappa shape index (κ3) is 3.97. The van der Waals surface area contributed by atoms with Gasteiger partial charge >= 0.3 is 0 Å². The van der Waals surface area contributed by atoms with Gasteiger partial charge in [-0.05, 0) is 17.9 Å². The minimum absolute atomic E-state index is 0.0509. The molecule has 3 aromatic rings. The van der Waals surface area contributed by atoms with Crippen LogP contribution in [0.2, 0.25) is 0 Å². The summed E-state index contributed by atoms with van der Waals surface area (Å²) < 4.78 is 1.39. The third-order valence-corrected chi connectivity index (χ3v) is 4.30. The molecule has 7 nitrogen and oxygen atoms in total. The minimum atomic E-state index is -0.225. The van der Waals surface area contributed by atoms with Gasteiger partial charge in [-0.2, -0.15) is 0 Å². The zero-order valence-electron chi connectivity index (χ0n) is 15.8. The quantitative estimate of drug-likeness (QED) is 0.673. The second-order valence-corrected chi connectivity index (χ2v) is 6.54. The van der Waals surface area contributed by atoms with Gasteiger partial charge in [-0.3, -0.25) is 9.59 Å². The molecule has 0 N–H and O–H groups in total. The summed E-state index contributed by atoms with van der Waals surface area (Å²) >= 11 is 0. The highest BCUT2D eigenvalue weighted by molar-refractivity contribution is 6.09. The van der Waals surface area contributed by atoms with Crippen LogP contribution >= 0.6 is 0 Å². The molecule has 7 heteroatoms. The van der Waals surface area contributed by atoms with Gasteiger partial charge in [0.2, 0.25) is 5.91 Å². The number of amides is 2. The fourth-order valence-corrected chi connectivity index (χ4v) is 2.89. The highest BCUT2D eigenvalue weighted by atomic mass is 16.2. The molecule has 3 rings (SSSR count). The van der Waals surface area contributed by atoms with E-state index in [4.69, 9.17) is 0 Å². The van der Waals surface area contributed by atoms with E-state index in [1.807, 2.05) is 49.4 Å². The van der Waals surface area contributed by atoms with E-state index in [1.54, 1.807) is 19.0 Å². The Morgan fingerprint density at radius 3 is 2.56 bits per heavy atom. The van der Waals surface area contributed by atoms with Gasteiger partial charge in [-0.25, -0.2) is 4.68 Å². The Labute approximate surface area is 158 Å². The van der Waals surface area contributed by atoms with Crippen LogP contribution in [-0.4, -0.2) is 52.3 Å². The summed E-state index contributed by atoms with van der Waals surface area (Å²) in [6, 6.07) is 13.9. The topological polar surface area (TPSA) is 71.3 Å². The van der Waals surface area contributed by atoms with E-state index in [9.17, 15) is 9.59 Å². The first-order chi connectivity index (χ1) is 13.0. The lowest BCUT2D eigenvalue weighted by Gasteiger charge is -2.23. The van der Waals surface area contributed by atoms with E-state index in [1.165, 1.54) is 15.8 Å².